The maximum Gasteiger partial charge on any atom is 0.123 e. The van der Waals surface area contributed by atoms with Gasteiger partial charge in [0.05, 0.1) is 5.69 Å². The van der Waals surface area contributed by atoms with Gasteiger partial charge in [-0.3, -0.25) is 5.10 Å². The first kappa shape index (κ1) is 11.2. The van der Waals surface area contributed by atoms with Crippen molar-refractivity contribution in [1.29, 1.82) is 0 Å². The number of rotatable bonds is 2. The van der Waals surface area contributed by atoms with Crippen LogP contribution in [-0.2, 0) is 6.42 Å². The van der Waals surface area contributed by atoms with Gasteiger partial charge in [0.2, 0.25) is 0 Å². The summed E-state index contributed by atoms with van der Waals surface area (Å²) < 4.78 is 0.947. The second-order valence-corrected chi connectivity index (χ2v) is 4.60. The highest BCUT2D eigenvalue weighted by molar-refractivity contribution is 9.10. The molecule has 4 heteroatoms. The lowest BCUT2D eigenvalue weighted by molar-refractivity contribution is 0.477. The van der Waals surface area contributed by atoms with E-state index in [-0.39, 0.29) is 5.75 Å². The molecule has 0 amide bonds. The van der Waals surface area contributed by atoms with Gasteiger partial charge in [-0.05, 0) is 31.5 Å². The second kappa shape index (κ2) is 4.29. The van der Waals surface area contributed by atoms with E-state index < -0.39 is 0 Å². The molecule has 0 saturated carbocycles. The Kier molecular flexibility index (Phi) is 3.01. The van der Waals surface area contributed by atoms with Crippen molar-refractivity contribution >= 4 is 15.9 Å². The first-order valence-corrected chi connectivity index (χ1v) is 5.95. The number of nitrogens with one attached hydrogen (secondary N) is 1. The Hall–Kier alpha value is -1.29. The van der Waals surface area contributed by atoms with E-state index in [0.717, 1.165) is 33.4 Å². The van der Waals surface area contributed by atoms with Crippen LogP contribution in [0.25, 0.3) is 11.1 Å². The molecule has 2 rings (SSSR count). The van der Waals surface area contributed by atoms with Gasteiger partial charge in [-0.2, -0.15) is 5.10 Å². The lowest BCUT2D eigenvalue weighted by Gasteiger charge is -2.06. The maximum atomic E-state index is 9.89. The minimum Gasteiger partial charge on any atom is -0.507 e. The Morgan fingerprint density at radius 2 is 2.19 bits per heavy atom. The number of halogens is 1. The molecule has 2 N–H and O–H groups in total. The molecule has 0 spiro atoms. The summed E-state index contributed by atoms with van der Waals surface area (Å²) in [5.41, 5.74) is 3.77. The van der Waals surface area contributed by atoms with E-state index in [0.29, 0.717) is 0 Å². The Bertz CT molecular complexity index is 520. The van der Waals surface area contributed by atoms with Crippen LogP contribution in [0.1, 0.15) is 18.3 Å². The van der Waals surface area contributed by atoms with Gasteiger partial charge >= 0.3 is 0 Å². The van der Waals surface area contributed by atoms with Crippen LogP contribution in [0.5, 0.6) is 5.75 Å². The van der Waals surface area contributed by atoms with Crippen molar-refractivity contribution in [2.24, 2.45) is 0 Å². The minimum absolute atomic E-state index is 0.280. The summed E-state index contributed by atoms with van der Waals surface area (Å²) in [6.45, 7) is 4.01. The Balaban J connectivity index is 2.66. The molecule has 2 aromatic rings. The summed E-state index contributed by atoms with van der Waals surface area (Å²) in [6, 6.07) is 5.41. The van der Waals surface area contributed by atoms with Crippen LogP contribution in [0.2, 0.25) is 0 Å². The molecule has 16 heavy (non-hydrogen) atoms. The summed E-state index contributed by atoms with van der Waals surface area (Å²) >= 11 is 3.41. The molecule has 1 aromatic heterocycles. The largest absolute Gasteiger partial charge is 0.507 e. The molecule has 0 atom stereocenters. The summed E-state index contributed by atoms with van der Waals surface area (Å²) in [6.07, 6.45) is 0.839. The third-order valence-electron chi connectivity index (χ3n) is 2.58. The number of phenols is 1. The normalized spacial score (nSPS) is 10.7. The second-order valence-electron chi connectivity index (χ2n) is 3.69. The van der Waals surface area contributed by atoms with Gasteiger partial charge < -0.3 is 5.11 Å². The molecular weight excluding hydrogens is 268 g/mol. The van der Waals surface area contributed by atoms with E-state index in [4.69, 9.17) is 0 Å². The van der Waals surface area contributed by atoms with Gasteiger partial charge in [0, 0.05) is 21.3 Å². The van der Waals surface area contributed by atoms with Gasteiger partial charge in [0.1, 0.15) is 5.75 Å². The van der Waals surface area contributed by atoms with Crippen LogP contribution in [0.3, 0.4) is 0 Å². The van der Waals surface area contributed by atoms with Crippen molar-refractivity contribution in [3.8, 4) is 16.9 Å². The molecule has 0 saturated heterocycles. The highest BCUT2D eigenvalue weighted by Crippen LogP contribution is 2.35. The zero-order valence-electron chi connectivity index (χ0n) is 9.21. The molecule has 1 aromatic carbocycles. The molecule has 0 radical (unpaired) electrons. The number of H-pyrrole nitrogens is 1. The minimum atomic E-state index is 0.280. The Morgan fingerprint density at radius 1 is 1.44 bits per heavy atom. The van der Waals surface area contributed by atoms with Gasteiger partial charge in [-0.25, -0.2) is 0 Å². The van der Waals surface area contributed by atoms with E-state index in [9.17, 15) is 5.11 Å². The number of benzene rings is 1. The number of aryl methyl sites for hydroxylation is 2. The Morgan fingerprint density at radius 3 is 2.88 bits per heavy atom. The summed E-state index contributed by atoms with van der Waals surface area (Å²) in [5.74, 6) is 0.280. The van der Waals surface area contributed by atoms with Crippen LogP contribution >= 0.6 is 15.9 Å². The molecule has 0 fully saturated rings. The average Bonchev–Trinajstić information content (AvgIpc) is 2.63. The molecular formula is C12H13BrN2O. The van der Waals surface area contributed by atoms with Crippen LogP contribution < -0.4 is 0 Å². The lowest BCUT2D eigenvalue weighted by atomic mass is 10.0. The summed E-state index contributed by atoms with van der Waals surface area (Å²) in [5, 5.41) is 17.1. The topological polar surface area (TPSA) is 48.9 Å². The molecule has 0 bridgehead atoms. The number of phenolic OH excluding ortho intramolecular Hbond substituents is 1. The van der Waals surface area contributed by atoms with E-state index in [1.54, 1.807) is 6.07 Å². The molecule has 84 valence electrons. The van der Waals surface area contributed by atoms with Gasteiger partial charge in [-0.15, -0.1) is 0 Å². The SMILES string of the molecule is CCc1n[nH]c(C)c1-c1cc(Br)ccc1O. The Labute approximate surface area is 103 Å². The van der Waals surface area contributed by atoms with Gasteiger partial charge in [-0.1, -0.05) is 22.9 Å². The average molecular weight is 281 g/mol. The molecule has 0 aliphatic heterocycles. The summed E-state index contributed by atoms with van der Waals surface area (Å²) in [4.78, 5) is 0. The zero-order chi connectivity index (χ0) is 11.7. The smallest absolute Gasteiger partial charge is 0.123 e. The highest BCUT2D eigenvalue weighted by atomic mass is 79.9. The van der Waals surface area contributed by atoms with Crippen LogP contribution in [0.4, 0.5) is 0 Å². The maximum absolute atomic E-state index is 9.89. The van der Waals surface area contributed by atoms with Crippen LogP contribution in [0.15, 0.2) is 22.7 Å². The third-order valence-corrected chi connectivity index (χ3v) is 3.08. The van der Waals surface area contributed by atoms with Crippen molar-refractivity contribution < 1.29 is 5.11 Å². The van der Waals surface area contributed by atoms with E-state index >= 15 is 0 Å². The van der Waals surface area contributed by atoms with Crippen molar-refractivity contribution in [3.05, 3.63) is 34.1 Å². The summed E-state index contributed by atoms with van der Waals surface area (Å²) in [7, 11) is 0. The number of hydrogen-bond acceptors (Lipinski definition) is 2. The monoisotopic (exact) mass is 280 g/mol. The quantitative estimate of drug-likeness (QED) is 0.886. The fourth-order valence-corrected chi connectivity index (χ4v) is 2.16. The fourth-order valence-electron chi connectivity index (χ4n) is 1.80. The van der Waals surface area contributed by atoms with Crippen molar-refractivity contribution in [1.82, 2.24) is 10.2 Å². The van der Waals surface area contributed by atoms with Crippen molar-refractivity contribution in [2.75, 3.05) is 0 Å². The van der Waals surface area contributed by atoms with Crippen molar-refractivity contribution in [2.45, 2.75) is 20.3 Å². The zero-order valence-corrected chi connectivity index (χ0v) is 10.8. The van der Waals surface area contributed by atoms with E-state index in [2.05, 4.69) is 26.1 Å². The number of aromatic hydroxyl groups is 1. The van der Waals surface area contributed by atoms with Gasteiger partial charge in [0.25, 0.3) is 0 Å². The van der Waals surface area contributed by atoms with Crippen LogP contribution in [-0.4, -0.2) is 15.3 Å². The predicted molar refractivity (Wildman–Crippen MR) is 67.5 cm³/mol. The molecule has 1 heterocycles. The molecule has 0 aliphatic carbocycles. The number of aromatic nitrogens is 2. The number of hydrogen-bond donors (Lipinski definition) is 2. The van der Waals surface area contributed by atoms with E-state index in [1.165, 1.54) is 0 Å². The molecule has 3 nitrogen and oxygen atoms in total. The first-order chi connectivity index (χ1) is 7.63. The van der Waals surface area contributed by atoms with Crippen LogP contribution in [0, 0.1) is 6.92 Å². The first-order valence-electron chi connectivity index (χ1n) is 5.16. The fraction of sp³-hybridized carbons (Fsp3) is 0.250. The molecule has 0 unspecified atom stereocenters. The molecule has 0 aliphatic rings. The third kappa shape index (κ3) is 1.85. The van der Waals surface area contributed by atoms with Gasteiger partial charge in [0.15, 0.2) is 0 Å². The standard InChI is InChI=1S/C12H13BrN2O/c1-3-10-12(7(2)14-15-10)9-6-8(13)4-5-11(9)16/h4-6,16H,3H2,1-2H3,(H,14,15). The number of aromatic amines is 1. The van der Waals surface area contributed by atoms with Crippen molar-refractivity contribution in [3.63, 3.8) is 0 Å². The number of nitrogens with zero attached hydrogens (tertiary/aromatic N) is 1. The lowest BCUT2D eigenvalue weighted by Crippen LogP contribution is -1.87. The highest BCUT2D eigenvalue weighted by Gasteiger charge is 2.14. The van der Waals surface area contributed by atoms with E-state index in [1.807, 2.05) is 26.0 Å². The predicted octanol–water partition coefficient (Wildman–Crippen LogP) is 3.42.